The number of imide groups is 1. The van der Waals surface area contributed by atoms with Crippen molar-refractivity contribution in [2.75, 3.05) is 13.6 Å². The number of hydrogen-bond acceptors (Lipinski definition) is 3. The number of carbonyl (C=O) groups excluding carboxylic acids is 2. The lowest BCUT2D eigenvalue weighted by atomic mass is 10.0. The van der Waals surface area contributed by atoms with Crippen LogP contribution in [0, 0.1) is 5.82 Å². The lowest BCUT2D eigenvalue weighted by molar-refractivity contribution is -0.125. The smallest absolute Gasteiger partial charge is 0.321 e. The molecule has 0 heterocycles. The maximum Gasteiger partial charge on any atom is 0.321 e. The third-order valence-corrected chi connectivity index (χ3v) is 3.76. The van der Waals surface area contributed by atoms with E-state index in [0.29, 0.717) is 12.1 Å². The van der Waals surface area contributed by atoms with Gasteiger partial charge in [-0.25, -0.2) is 9.18 Å². The molecular weight excluding hydrogens is 321 g/mol. The number of rotatable bonds is 6. The van der Waals surface area contributed by atoms with Crippen molar-refractivity contribution in [1.82, 2.24) is 15.5 Å². The Morgan fingerprint density at radius 1 is 1.08 bits per heavy atom. The van der Waals surface area contributed by atoms with E-state index in [1.54, 1.807) is 49.2 Å². The molecule has 0 bridgehead atoms. The van der Waals surface area contributed by atoms with Crippen LogP contribution in [0.3, 0.4) is 0 Å². The van der Waals surface area contributed by atoms with Crippen LogP contribution in [0.2, 0.25) is 0 Å². The van der Waals surface area contributed by atoms with Crippen molar-refractivity contribution in [1.29, 1.82) is 0 Å². The first kappa shape index (κ1) is 18.6. The van der Waals surface area contributed by atoms with Crippen LogP contribution in [0.15, 0.2) is 54.6 Å². The molecule has 0 aromatic heterocycles. The molecule has 0 saturated carbocycles. The highest BCUT2D eigenvalue weighted by atomic mass is 19.1. The molecule has 0 fully saturated rings. The number of hydrogen-bond donors (Lipinski definition) is 2. The van der Waals surface area contributed by atoms with Crippen LogP contribution in [0.5, 0.6) is 0 Å². The minimum atomic E-state index is -0.719. The van der Waals surface area contributed by atoms with E-state index in [1.807, 2.05) is 18.2 Å². The van der Waals surface area contributed by atoms with Crippen molar-refractivity contribution in [3.8, 4) is 0 Å². The summed E-state index contributed by atoms with van der Waals surface area (Å²) in [6.45, 7) is 2.41. The predicted molar refractivity (Wildman–Crippen MR) is 94.3 cm³/mol. The first-order valence-electron chi connectivity index (χ1n) is 8.10. The Hall–Kier alpha value is -2.73. The Morgan fingerprint density at radius 2 is 1.72 bits per heavy atom. The number of nitrogens with one attached hydrogen (secondary N) is 2. The second-order valence-electron chi connectivity index (χ2n) is 5.67. The van der Waals surface area contributed by atoms with Crippen LogP contribution in [0.4, 0.5) is 9.18 Å². The van der Waals surface area contributed by atoms with E-state index >= 15 is 0 Å². The maximum absolute atomic E-state index is 13.9. The van der Waals surface area contributed by atoms with Gasteiger partial charge in [0.2, 0.25) is 5.91 Å². The molecule has 1 unspecified atom stereocenters. The lowest BCUT2D eigenvalue weighted by Gasteiger charge is -2.27. The number of nitrogens with zero attached hydrogens (tertiary/aromatic N) is 1. The molecule has 0 spiro atoms. The molecule has 1 atom stereocenters. The fourth-order valence-electron chi connectivity index (χ4n) is 2.61. The summed E-state index contributed by atoms with van der Waals surface area (Å²) in [6, 6.07) is 14.3. The number of urea groups is 1. The molecule has 2 aromatic carbocycles. The van der Waals surface area contributed by atoms with Gasteiger partial charge in [0, 0.05) is 18.7 Å². The number of benzene rings is 2. The number of carbonyl (C=O) groups is 2. The molecule has 132 valence electrons. The topological polar surface area (TPSA) is 61.4 Å². The van der Waals surface area contributed by atoms with Crippen molar-refractivity contribution >= 4 is 11.9 Å². The fourth-order valence-corrected chi connectivity index (χ4v) is 2.61. The Balaban J connectivity index is 2.23. The van der Waals surface area contributed by atoms with E-state index in [-0.39, 0.29) is 12.4 Å². The van der Waals surface area contributed by atoms with E-state index in [2.05, 4.69) is 10.6 Å². The number of amides is 3. The Morgan fingerprint density at radius 3 is 2.36 bits per heavy atom. The van der Waals surface area contributed by atoms with Gasteiger partial charge in [-0.2, -0.15) is 0 Å². The van der Waals surface area contributed by atoms with Crippen molar-refractivity contribution < 1.29 is 14.0 Å². The number of halogens is 1. The van der Waals surface area contributed by atoms with E-state index < -0.39 is 18.0 Å². The Kier molecular flexibility index (Phi) is 6.65. The maximum atomic E-state index is 13.9. The van der Waals surface area contributed by atoms with E-state index in [4.69, 9.17) is 0 Å². The largest absolute Gasteiger partial charge is 0.338 e. The molecule has 6 heteroatoms. The first-order chi connectivity index (χ1) is 12.0. The average molecular weight is 343 g/mol. The third kappa shape index (κ3) is 5.12. The average Bonchev–Trinajstić information content (AvgIpc) is 2.58. The number of likely N-dealkylation sites (N-methyl/N-ethyl adjacent to an activating group) is 1. The third-order valence-electron chi connectivity index (χ3n) is 3.76. The summed E-state index contributed by atoms with van der Waals surface area (Å²) < 4.78 is 13.9. The minimum absolute atomic E-state index is 0.231. The SMILES string of the molecule is CCNC(=O)NC(=O)C(c1ccccc1)N(C)Cc1ccccc1F. The zero-order chi connectivity index (χ0) is 18.2. The van der Waals surface area contributed by atoms with Crippen molar-refractivity contribution in [2.45, 2.75) is 19.5 Å². The molecule has 0 saturated heterocycles. The molecule has 2 aromatic rings. The highest BCUT2D eigenvalue weighted by molar-refractivity contribution is 5.97. The molecule has 2 rings (SSSR count). The molecular formula is C19H22FN3O2. The summed E-state index contributed by atoms with van der Waals surface area (Å²) in [5.74, 6) is -0.790. The molecule has 0 aliphatic heterocycles. The standard InChI is InChI=1S/C19H22FN3O2/c1-3-21-19(25)22-18(24)17(14-9-5-4-6-10-14)23(2)13-15-11-7-8-12-16(15)20/h4-12,17H,3,13H2,1-2H3,(H2,21,22,24,25). The van der Waals surface area contributed by atoms with Crippen molar-refractivity contribution in [3.63, 3.8) is 0 Å². The minimum Gasteiger partial charge on any atom is -0.338 e. The molecule has 0 aliphatic carbocycles. The molecule has 0 aliphatic rings. The van der Waals surface area contributed by atoms with Crippen molar-refractivity contribution in [3.05, 3.63) is 71.5 Å². The molecule has 3 amide bonds. The van der Waals surface area contributed by atoms with E-state index in [1.165, 1.54) is 6.07 Å². The van der Waals surface area contributed by atoms with Gasteiger partial charge in [0.25, 0.3) is 0 Å². The molecule has 25 heavy (non-hydrogen) atoms. The van der Waals surface area contributed by atoms with Gasteiger partial charge in [-0.05, 0) is 25.6 Å². The monoisotopic (exact) mass is 343 g/mol. The van der Waals surface area contributed by atoms with E-state index in [9.17, 15) is 14.0 Å². The van der Waals surface area contributed by atoms with Gasteiger partial charge in [-0.1, -0.05) is 48.5 Å². The summed E-state index contributed by atoms with van der Waals surface area (Å²) in [4.78, 5) is 26.1. The fraction of sp³-hybridized carbons (Fsp3) is 0.263. The summed E-state index contributed by atoms with van der Waals surface area (Å²) >= 11 is 0. The van der Waals surface area contributed by atoms with Crippen LogP contribution in [-0.2, 0) is 11.3 Å². The quantitative estimate of drug-likeness (QED) is 0.848. The summed E-state index contributed by atoms with van der Waals surface area (Å²) in [5, 5.41) is 4.87. The molecule has 0 radical (unpaired) electrons. The highest BCUT2D eigenvalue weighted by Crippen LogP contribution is 2.22. The van der Waals surface area contributed by atoms with Gasteiger partial charge in [-0.3, -0.25) is 15.0 Å². The van der Waals surface area contributed by atoms with Gasteiger partial charge in [0.15, 0.2) is 0 Å². The van der Waals surface area contributed by atoms with Crippen molar-refractivity contribution in [2.24, 2.45) is 0 Å². The zero-order valence-corrected chi connectivity index (χ0v) is 14.3. The predicted octanol–water partition coefficient (Wildman–Crippen LogP) is 2.84. The summed E-state index contributed by atoms with van der Waals surface area (Å²) in [5.41, 5.74) is 1.21. The van der Waals surface area contributed by atoms with Gasteiger partial charge < -0.3 is 5.32 Å². The second-order valence-corrected chi connectivity index (χ2v) is 5.67. The van der Waals surface area contributed by atoms with Crippen LogP contribution in [0.1, 0.15) is 24.1 Å². The van der Waals surface area contributed by atoms with Gasteiger partial charge >= 0.3 is 6.03 Å². The molecule has 5 nitrogen and oxygen atoms in total. The van der Waals surface area contributed by atoms with Gasteiger partial charge in [0.1, 0.15) is 11.9 Å². The van der Waals surface area contributed by atoms with Crippen LogP contribution in [-0.4, -0.2) is 30.4 Å². The van der Waals surface area contributed by atoms with Crippen LogP contribution >= 0.6 is 0 Å². The highest BCUT2D eigenvalue weighted by Gasteiger charge is 2.27. The summed E-state index contributed by atoms with van der Waals surface area (Å²) in [6.07, 6.45) is 0. The van der Waals surface area contributed by atoms with Crippen LogP contribution in [0.25, 0.3) is 0 Å². The lowest BCUT2D eigenvalue weighted by Crippen LogP contribution is -2.45. The molecule has 2 N–H and O–H groups in total. The normalized spacial score (nSPS) is 11.8. The first-order valence-corrected chi connectivity index (χ1v) is 8.10. The second kappa shape index (κ2) is 8.94. The zero-order valence-electron chi connectivity index (χ0n) is 14.3. The van der Waals surface area contributed by atoms with Gasteiger partial charge in [-0.15, -0.1) is 0 Å². The van der Waals surface area contributed by atoms with Crippen LogP contribution < -0.4 is 10.6 Å². The Labute approximate surface area is 146 Å². The summed E-state index contributed by atoms with van der Waals surface area (Å²) in [7, 11) is 1.72. The van der Waals surface area contributed by atoms with E-state index in [0.717, 1.165) is 5.56 Å². The van der Waals surface area contributed by atoms with Gasteiger partial charge in [0.05, 0.1) is 0 Å². The Bertz CT molecular complexity index is 722.